The number of rotatable bonds is 3. The molecule has 0 aliphatic carbocycles. The summed E-state index contributed by atoms with van der Waals surface area (Å²) in [5.41, 5.74) is 0. The van der Waals surface area contributed by atoms with Crippen LogP contribution in [0, 0.1) is 0 Å². The maximum absolute atomic E-state index is 10.8. The van der Waals surface area contributed by atoms with E-state index in [1.165, 1.54) is 0 Å². The van der Waals surface area contributed by atoms with Crippen LogP contribution >= 0.6 is 0 Å². The quantitative estimate of drug-likeness (QED) is 0.548. The molecule has 10 heavy (non-hydrogen) atoms. The maximum atomic E-state index is 10.8. The summed E-state index contributed by atoms with van der Waals surface area (Å²) in [7, 11) is 0. The predicted octanol–water partition coefficient (Wildman–Crippen LogP) is 0.728. The van der Waals surface area contributed by atoms with E-state index < -0.39 is 0 Å². The fraction of sp³-hybridized carbons (Fsp3) is 0.857. The molecule has 0 saturated carbocycles. The van der Waals surface area contributed by atoms with Gasteiger partial charge in [-0.3, -0.25) is 4.79 Å². The first-order chi connectivity index (χ1) is 4.83. The van der Waals surface area contributed by atoms with Crippen LogP contribution < -0.4 is 0 Å². The van der Waals surface area contributed by atoms with Crippen LogP contribution in [-0.4, -0.2) is 25.3 Å². The van der Waals surface area contributed by atoms with Crippen molar-refractivity contribution in [3.8, 4) is 0 Å². The van der Waals surface area contributed by atoms with Crippen LogP contribution in [0.4, 0.5) is 0 Å². The molecule has 0 N–H and O–H groups in total. The Morgan fingerprint density at radius 3 is 2.80 bits per heavy atom. The lowest BCUT2D eigenvalue weighted by atomic mass is 10.3. The second-order valence-electron chi connectivity index (χ2n) is 2.40. The average Bonchev–Trinajstić information content (AvgIpc) is 1.80. The van der Waals surface area contributed by atoms with Crippen LogP contribution in [0.3, 0.4) is 0 Å². The fourth-order valence-electron chi connectivity index (χ4n) is 0.731. The summed E-state index contributed by atoms with van der Waals surface area (Å²) in [6.45, 7) is 3.11. The number of hydrogen-bond acceptors (Lipinski definition) is 3. The smallest absolute Gasteiger partial charge is 0.306 e. The minimum atomic E-state index is -0.101. The van der Waals surface area contributed by atoms with Gasteiger partial charge in [0.2, 0.25) is 0 Å². The van der Waals surface area contributed by atoms with Crippen LogP contribution in [0.5, 0.6) is 0 Å². The molecule has 58 valence electrons. The molecule has 0 aromatic heterocycles. The van der Waals surface area contributed by atoms with Crippen molar-refractivity contribution in [2.24, 2.45) is 0 Å². The molecule has 0 aromatic carbocycles. The Kier molecular flexibility index (Phi) is 2.68. The lowest BCUT2D eigenvalue weighted by Crippen LogP contribution is -2.37. The first-order valence-electron chi connectivity index (χ1n) is 3.60. The number of carbonyl (C=O) groups excluding carboxylic acids is 1. The lowest BCUT2D eigenvalue weighted by molar-refractivity contribution is -0.172. The largest absolute Gasteiger partial charge is 0.457 e. The molecule has 3 heteroatoms. The Morgan fingerprint density at radius 1 is 1.70 bits per heavy atom. The van der Waals surface area contributed by atoms with Crippen LogP contribution in [0.15, 0.2) is 0 Å². The van der Waals surface area contributed by atoms with E-state index in [-0.39, 0.29) is 12.1 Å². The van der Waals surface area contributed by atoms with Crippen LogP contribution in [0.1, 0.15) is 19.8 Å². The van der Waals surface area contributed by atoms with Gasteiger partial charge in [0.25, 0.3) is 0 Å². The topological polar surface area (TPSA) is 35.5 Å². The minimum Gasteiger partial charge on any atom is -0.457 e. The summed E-state index contributed by atoms with van der Waals surface area (Å²) in [5.74, 6) is -0.101. The van der Waals surface area contributed by atoms with Crippen molar-refractivity contribution < 1.29 is 14.3 Å². The molecule has 1 fully saturated rings. The molecule has 0 bridgehead atoms. The molecule has 0 unspecified atom stereocenters. The van der Waals surface area contributed by atoms with Crippen molar-refractivity contribution in [1.29, 1.82) is 0 Å². The van der Waals surface area contributed by atoms with E-state index in [9.17, 15) is 4.79 Å². The zero-order chi connectivity index (χ0) is 7.40. The normalized spacial score (nSPS) is 18.1. The van der Waals surface area contributed by atoms with Gasteiger partial charge in [0, 0.05) is 6.42 Å². The maximum Gasteiger partial charge on any atom is 0.306 e. The highest BCUT2D eigenvalue weighted by Crippen LogP contribution is 2.06. The molecule has 1 rings (SSSR count). The number of carbonyl (C=O) groups is 1. The highest BCUT2D eigenvalue weighted by Gasteiger charge is 2.21. The third-order valence-corrected chi connectivity index (χ3v) is 1.36. The highest BCUT2D eigenvalue weighted by molar-refractivity contribution is 5.69. The summed E-state index contributed by atoms with van der Waals surface area (Å²) >= 11 is 0. The van der Waals surface area contributed by atoms with Crippen molar-refractivity contribution in [2.45, 2.75) is 25.9 Å². The molecular formula is C7H12O3. The Balaban J connectivity index is 2.05. The van der Waals surface area contributed by atoms with Gasteiger partial charge < -0.3 is 9.47 Å². The van der Waals surface area contributed by atoms with E-state index in [4.69, 9.17) is 9.47 Å². The van der Waals surface area contributed by atoms with Gasteiger partial charge in [0.1, 0.15) is 6.10 Å². The fourth-order valence-corrected chi connectivity index (χ4v) is 0.731. The van der Waals surface area contributed by atoms with Gasteiger partial charge >= 0.3 is 5.97 Å². The van der Waals surface area contributed by atoms with Crippen LogP contribution in [-0.2, 0) is 14.3 Å². The first kappa shape index (κ1) is 7.54. The average molecular weight is 144 g/mol. The van der Waals surface area contributed by atoms with Gasteiger partial charge in [-0.2, -0.15) is 0 Å². The van der Waals surface area contributed by atoms with Crippen molar-refractivity contribution in [3.63, 3.8) is 0 Å². The molecule has 0 spiro atoms. The molecule has 1 heterocycles. The van der Waals surface area contributed by atoms with Gasteiger partial charge in [0.15, 0.2) is 0 Å². The zero-order valence-corrected chi connectivity index (χ0v) is 6.13. The summed E-state index contributed by atoms with van der Waals surface area (Å²) in [5, 5.41) is 0. The molecule has 0 amide bonds. The van der Waals surface area contributed by atoms with Crippen molar-refractivity contribution >= 4 is 5.97 Å². The summed E-state index contributed by atoms with van der Waals surface area (Å²) in [6.07, 6.45) is 1.42. The minimum absolute atomic E-state index is 0.0408. The van der Waals surface area contributed by atoms with Gasteiger partial charge in [-0.15, -0.1) is 0 Å². The van der Waals surface area contributed by atoms with Gasteiger partial charge in [-0.25, -0.2) is 0 Å². The third kappa shape index (κ3) is 1.99. The number of hydrogen-bond donors (Lipinski definition) is 0. The van der Waals surface area contributed by atoms with Gasteiger partial charge in [-0.1, -0.05) is 6.92 Å². The predicted molar refractivity (Wildman–Crippen MR) is 35.6 cm³/mol. The third-order valence-electron chi connectivity index (χ3n) is 1.36. The molecule has 3 nitrogen and oxygen atoms in total. The summed E-state index contributed by atoms with van der Waals surface area (Å²) in [6, 6.07) is 0. The first-order valence-corrected chi connectivity index (χ1v) is 3.60. The molecule has 1 aliphatic rings. The standard InChI is InChI=1S/C7H12O3/c1-2-3-7(8)10-6-4-9-5-6/h6H,2-5H2,1H3. The molecular weight excluding hydrogens is 132 g/mol. The van der Waals surface area contributed by atoms with Crippen molar-refractivity contribution in [2.75, 3.05) is 13.2 Å². The lowest BCUT2D eigenvalue weighted by Gasteiger charge is -2.25. The Morgan fingerprint density at radius 2 is 2.40 bits per heavy atom. The zero-order valence-electron chi connectivity index (χ0n) is 6.13. The monoisotopic (exact) mass is 144 g/mol. The van der Waals surface area contributed by atoms with Crippen LogP contribution in [0.2, 0.25) is 0 Å². The molecule has 1 saturated heterocycles. The Bertz CT molecular complexity index is 118. The number of ether oxygens (including phenoxy) is 2. The highest BCUT2D eigenvalue weighted by atomic mass is 16.6. The van der Waals surface area contributed by atoms with E-state index in [1.54, 1.807) is 0 Å². The van der Waals surface area contributed by atoms with Crippen LogP contribution in [0.25, 0.3) is 0 Å². The SMILES string of the molecule is CCCC(=O)OC1COC1. The van der Waals surface area contributed by atoms with Crippen molar-refractivity contribution in [1.82, 2.24) is 0 Å². The molecule has 0 radical (unpaired) electrons. The van der Waals surface area contributed by atoms with E-state index in [0.29, 0.717) is 19.6 Å². The Labute approximate surface area is 60.3 Å². The Hall–Kier alpha value is -0.570. The van der Waals surface area contributed by atoms with Gasteiger partial charge in [-0.05, 0) is 6.42 Å². The van der Waals surface area contributed by atoms with E-state index in [2.05, 4.69) is 0 Å². The second-order valence-corrected chi connectivity index (χ2v) is 2.40. The van der Waals surface area contributed by atoms with Gasteiger partial charge in [0.05, 0.1) is 13.2 Å². The molecule has 1 aliphatic heterocycles. The number of esters is 1. The summed E-state index contributed by atoms with van der Waals surface area (Å²) in [4.78, 5) is 10.8. The van der Waals surface area contributed by atoms with E-state index >= 15 is 0 Å². The molecule has 0 aromatic rings. The van der Waals surface area contributed by atoms with E-state index in [0.717, 1.165) is 6.42 Å². The second kappa shape index (κ2) is 3.56. The molecule has 0 atom stereocenters. The van der Waals surface area contributed by atoms with Crippen molar-refractivity contribution in [3.05, 3.63) is 0 Å². The summed E-state index contributed by atoms with van der Waals surface area (Å²) < 4.78 is 9.80. The van der Waals surface area contributed by atoms with E-state index in [1.807, 2.05) is 6.92 Å².